The molecule has 0 saturated carbocycles. The van der Waals surface area contributed by atoms with E-state index in [1.807, 2.05) is 91.0 Å². The third kappa shape index (κ3) is 8.94. The van der Waals surface area contributed by atoms with E-state index in [0.29, 0.717) is 33.8 Å². The first-order valence-corrected chi connectivity index (χ1v) is 33.3. The summed E-state index contributed by atoms with van der Waals surface area (Å²) in [5.74, 6) is 0. The molecule has 17 aromatic rings. The summed E-state index contributed by atoms with van der Waals surface area (Å²) >= 11 is 0. The van der Waals surface area contributed by atoms with Crippen molar-refractivity contribution in [3.63, 3.8) is 0 Å². The van der Waals surface area contributed by atoms with E-state index in [2.05, 4.69) is 195 Å². The van der Waals surface area contributed by atoms with Gasteiger partial charge in [-0.25, -0.2) is 0 Å². The smallest absolute Gasteiger partial charge is 0.252 e. The number of anilines is 6. The van der Waals surface area contributed by atoms with Crippen LogP contribution in [0.2, 0.25) is 0 Å². The number of para-hydroxylation sites is 5. The van der Waals surface area contributed by atoms with Crippen LogP contribution >= 0.6 is 0 Å². The van der Waals surface area contributed by atoms with Crippen LogP contribution in [-0.2, 0) is 10.8 Å². The van der Waals surface area contributed by atoms with Crippen LogP contribution in [0.25, 0.3) is 121 Å². The quantitative estimate of drug-likeness (QED) is 0.142. The van der Waals surface area contributed by atoms with Crippen LogP contribution in [0.15, 0.2) is 313 Å². The summed E-state index contributed by atoms with van der Waals surface area (Å²) < 4.78 is 133. The van der Waals surface area contributed by atoms with Gasteiger partial charge in [-0.1, -0.05) is 266 Å². The first-order valence-electron chi connectivity index (χ1n) is 39.8. The predicted octanol–water partition coefficient (Wildman–Crippen LogP) is 23.1. The van der Waals surface area contributed by atoms with Crippen LogP contribution in [-0.4, -0.2) is 15.8 Å². The number of hydrogen-bond acceptors (Lipinski definition) is 3. The highest BCUT2D eigenvalue weighted by Gasteiger charge is 2.46. The fourth-order valence-corrected chi connectivity index (χ4v) is 15.5. The van der Waals surface area contributed by atoms with Crippen molar-refractivity contribution in [1.29, 1.82) is 0 Å². The Morgan fingerprint density at radius 2 is 0.898 bits per heavy atom. The number of benzene rings is 14. The Hall–Kier alpha value is -11.9. The second-order valence-corrected chi connectivity index (χ2v) is 27.9. The standard InChI is InChI=1S/C92H69BN4O/c1-91(2,3)65-44-41-59(42-45-65)64-53-82(87-73-36-19-23-40-85(73)98-86(87)56-64)96-80-52-62(58-25-10-7-11-26-58)43-48-74(80)93-75-49-46-68(95-76-37-20-16-33-70(76)71-34-17-21-38-77(71)95)57-81(75)97(84-55-63(54-83(96)89(84)93)61-29-24-30-66(51-61)92(4,5)6)90-69(60-27-12-8-13-28-60)47-50-79-88(90)72-35-18-22-39-78(72)94(79)67-31-14-9-15-32-67/h7-57H,1-6H3/i7D,10D,11D,16D,17D,20D,21D,25D,26D,33D,34D,37D,38D. The van der Waals surface area contributed by atoms with Crippen LogP contribution in [0.1, 0.15) is 70.5 Å². The van der Waals surface area contributed by atoms with Crippen molar-refractivity contribution in [1.82, 2.24) is 9.13 Å². The zero-order chi connectivity index (χ0) is 77.0. The average molecular weight is 1270 g/mol. The minimum absolute atomic E-state index is 0.0211. The van der Waals surface area contributed by atoms with Gasteiger partial charge in [-0.3, -0.25) is 0 Å². The van der Waals surface area contributed by atoms with Crippen molar-refractivity contribution in [2.24, 2.45) is 0 Å². The molecule has 5 heterocycles. The van der Waals surface area contributed by atoms with Crippen LogP contribution in [0.3, 0.4) is 0 Å². The molecule has 0 spiro atoms. The minimum Gasteiger partial charge on any atom is -0.456 e. The zero-order valence-electron chi connectivity index (χ0n) is 67.7. The molecule has 0 fully saturated rings. The molecule has 0 unspecified atom stereocenters. The molecule has 6 heteroatoms. The van der Waals surface area contributed by atoms with E-state index >= 15 is 0 Å². The lowest BCUT2D eigenvalue weighted by Crippen LogP contribution is -2.61. The summed E-state index contributed by atoms with van der Waals surface area (Å²) in [7, 11) is 0. The van der Waals surface area contributed by atoms with E-state index in [-0.39, 0.29) is 50.3 Å². The monoisotopic (exact) mass is 1270 g/mol. The van der Waals surface area contributed by atoms with E-state index in [1.165, 1.54) is 0 Å². The van der Waals surface area contributed by atoms with Gasteiger partial charge in [0.2, 0.25) is 0 Å². The molecule has 5 nitrogen and oxygen atoms in total. The molecule has 0 aliphatic carbocycles. The van der Waals surface area contributed by atoms with Crippen LogP contribution < -0.4 is 26.2 Å². The summed E-state index contributed by atoms with van der Waals surface area (Å²) in [6.45, 7) is 12.5. The lowest BCUT2D eigenvalue weighted by molar-refractivity contribution is 0.590. The van der Waals surface area contributed by atoms with Gasteiger partial charge in [-0.2, -0.15) is 0 Å². The van der Waals surface area contributed by atoms with Gasteiger partial charge in [0.25, 0.3) is 6.71 Å². The molecular formula is C92H69BN4O. The molecule has 2 aliphatic rings. The van der Waals surface area contributed by atoms with E-state index in [1.54, 1.807) is 4.57 Å². The summed E-state index contributed by atoms with van der Waals surface area (Å²) in [4.78, 5) is 4.66. The van der Waals surface area contributed by atoms with Crippen molar-refractivity contribution < 1.29 is 22.2 Å². The van der Waals surface area contributed by atoms with E-state index in [0.717, 1.165) is 122 Å². The Morgan fingerprint density at radius 1 is 0.327 bits per heavy atom. The van der Waals surface area contributed by atoms with Crippen LogP contribution in [0, 0.1) is 0 Å². The Bertz CT molecular complexity index is 6810. The van der Waals surface area contributed by atoms with Crippen molar-refractivity contribution in [3.05, 3.63) is 320 Å². The number of aromatic nitrogens is 2. The molecule has 466 valence electrons. The fourth-order valence-electron chi connectivity index (χ4n) is 15.5. The van der Waals surface area contributed by atoms with E-state index in [9.17, 15) is 11.0 Å². The first kappa shape index (κ1) is 45.5. The second-order valence-electron chi connectivity index (χ2n) is 27.9. The van der Waals surface area contributed by atoms with E-state index < -0.39 is 73.2 Å². The van der Waals surface area contributed by atoms with Gasteiger partial charge < -0.3 is 23.4 Å². The maximum Gasteiger partial charge on any atom is 0.252 e. The SMILES string of the molecule is [2H]c1c([2H])c([2H])c(-c2ccc3c(c2)N(c2cc(-c4ccc(C(C)(C)C)cc4)cc4oc5ccccc5c24)c2cc(-c4cccc(C(C)(C)C)c4)cc4c2B3c2ccc(-n3c5c([2H])c([2H])c([2H])c([2H])c5c5c([2H])c([2H])c([2H])c([2H])c53)cc2N4c2c(-c3ccccc3)ccc3c2c2ccccc2n3-c2ccccc2)c([2H])c1[2H]. The maximum atomic E-state index is 9.85. The molecule has 0 saturated heterocycles. The number of hydrogen-bond donors (Lipinski definition) is 0. The summed E-state index contributed by atoms with van der Waals surface area (Å²) in [5, 5.41) is 3.38. The van der Waals surface area contributed by atoms with Gasteiger partial charge in [-0.05, 0) is 162 Å². The highest BCUT2D eigenvalue weighted by molar-refractivity contribution is 7.00. The molecule has 0 amide bonds. The van der Waals surface area contributed by atoms with Crippen LogP contribution in [0.4, 0.5) is 34.1 Å². The highest BCUT2D eigenvalue weighted by Crippen LogP contribution is 2.55. The number of furan rings is 1. The normalized spacial score (nSPS) is 14.8. The molecule has 3 aromatic heterocycles. The fraction of sp³-hybridized carbons (Fsp3) is 0.0870. The predicted molar refractivity (Wildman–Crippen MR) is 416 cm³/mol. The van der Waals surface area contributed by atoms with Crippen molar-refractivity contribution in [2.45, 2.75) is 52.4 Å². The average Bonchev–Trinajstić information content (AvgIpc) is 1.66. The summed E-state index contributed by atoms with van der Waals surface area (Å²) in [6.07, 6.45) is 0. The molecule has 0 radical (unpaired) electrons. The Kier molecular flexibility index (Phi) is 10.1. The number of nitrogens with zero attached hydrogens (tertiary/aromatic N) is 4. The Labute approximate surface area is 589 Å². The zero-order valence-corrected chi connectivity index (χ0v) is 54.7. The molecule has 14 aromatic carbocycles. The molecule has 0 atom stereocenters. The maximum absolute atomic E-state index is 9.85. The van der Waals surface area contributed by atoms with Gasteiger partial charge in [0.05, 0.1) is 56.6 Å². The highest BCUT2D eigenvalue weighted by atomic mass is 16.3. The van der Waals surface area contributed by atoms with Gasteiger partial charge in [-0.15, -0.1) is 0 Å². The molecule has 98 heavy (non-hydrogen) atoms. The third-order valence-electron chi connectivity index (χ3n) is 20.1. The van der Waals surface area contributed by atoms with Crippen molar-refractivity contribution in [3.8, 4) is 55.9 Å². The third-order valence-corrected chi connectivity index (χ3v) is 20.1. The topological polar surface area (TPSA) is 29.5 Å². The minimum atomic E-state index is -0.715. The van der Waals surface area contributed by atoms with Gasteiger partial charge in [0.15, 0.2) is 0 Å². The number of fused-ring (bicyclic) bond motifs is 13. The molecule has 0 N–H and O–H groups in total. The molecule has 0 bridgehead atoms. The van der Waals surface area contributed by atoms with Gasteiger partial charge in [0.1, 0.15) is 11.2 Å². The second kappa shape index (κ2) is 21.8. The van der Waals surface area contributed by atoms with Gasteiger partial charge >= 0.3 is 0 Å². The Balaban J connectivity index is 1.03. The largest absolute Gasteiger partial charge is 0.456 e. The molecule has 2 aliphatic heterocycles. The van der Waals surface area contributed by atoms with Gasteiger partial charge in [0, 0.05) is 66.6 Å². The molecule has 19 rings (SSSR count). The number of rotatable bonds is 8. The summed E-state index contributed by atoms with van der Waals surface area (Å²) in [6, 6.07) is 73.2. The van der Waals surface area contributed by atoms with Crippen molar-refractivity contribution >= 4 is 123 Å². The van der Waals surface area contributed by atoms with E-state index in [4.69, 9.17) is 11.3 Å². The van der Waals surface area contributed by atoms with Crippen LogP contribution in [0.5, 0.6) is 0 Å². The summed E-state index contributed by atoms with van der Waals surface area (Å²) in [5.41, 5.74) is 18.5. The first-order chi connectivity index (χ1) is 53.3. The lowest BCUT2D eigenvalue weighted by Gasteiger charge is -2.45. The lowest BCUT2D eigenvalue weighted by atomic mass is 9.33. The Morgan fingerprint density at radius 3 is 1.63 bits per heavy atom. The van der Waals surface area contributed by atoms with Crippen molar-refractivity contribution in [2.75, 3.05) is 9.80 Å². The molecular weight excluding hydrogens is 1190 g/mol.